The Bertz CT molecular complexity index is 1310. The van der Waals surface area contributed by atoms with E-state index in [4.69, 9.17) is 15.7 Å². The zero-order valence-electron chi connectivity index (χ0n) is 19.6. The van der Waals surface area contributed by atoms with Gasteiger partial charge in [-0.15, -0.1) is 0 Å². The van der Waals surface area contributed by atoms with Gasteiger partial charge in [0.1, 0.15) is 0 Å². The minimum atomic E-state index is -0.164. The number of pyridine rings is 1. The molecule has 1 aliphatic heterocycles. The van der Waals surface area contributed by atoms with Gasteiger partial charge in [0.2, 0.25) is 5.95 Å². The molecule has 0 atom stereocenters. The molecular formula is C28H30N6. The second-order valence-electron chi connectivity index (χ2n) is 9.71. The van der Waals surface area contributed by atoms with Crippen molar-refractivity contribution in [1.82, 2.24) is 19.9 Å². The van der Waals surface area contributed by atoms with Gasteiger partial charge in [0.05, 0.1) is 5.69 Å². The highest BCUT2D eigenvalue weighted by molar-refractivity contribution is 5.90. The molecule has 2 aliphatic rings. The third-order valence-corrected chi connectivity index (χ3v) is 7.41. The standard InChI is InChI=1S/C28H30N6/c1-33-14-16-34(17-15-33)27-30-19-22-18-24(20-6-3-2-4-7-20)25(31-26(22)32-27)21-8-10-23(11-9-21)28(29)12-5-13-28/h2-4,6-11,18-19H,5,12-17,29H2,1H3. The zero-order chi connectivity index (χ0) is 23.1. The number of rotatable bonds is 4. The predicted octanol–water partition coefficient (Wildman–Crippen LogP) is 4.45. The second kappa shape index (κ2) is 8.46. The first-order chi connectivity index (χ1) is 16.6. The molecule has 6 nitrogen and oxygen atoms in total. The summed E-state index contributed by atoms with van der Waals surface area (Å²) in [5.74, 6) is 0.761. The highest BCUT2D eigenvalue weighted by Gasteiger charge is 2.34. The summed E-state index contributed by atoms with van der Waals surface area (Å²) in [6.07, 6.45) is 5.23. The Morgan fingerprint density at radius 3 is 2.26 bits per heavy atom. The Morgan fingerprint density at radius 2 is 1.59 bits per heavy atom. The maximum absolute atomic E-state index is 6.56. The van der Waals surface area contributed by atoms with E-state index < -0.39 is 0 Å². The van der Waals surface area contributed by atoms with Gasteiger partial charge in [-0.05, 0) is 43.5 Å². The van der Waals surface area contributed by atoms with Crippen molar-refractivity contribution in [2.45, 2.75) is 24.8 Å². The van der Waals surface area contributed by atoms with E-state index in [1.807, 2.05) is 12.3 Å². The Morgan fingerprint density at radius 1 is 0.853 bits per heavy atom. The number of fused-ring (bicyclic) bond motifs is 1. The summed E-state index contributed by atoms with van der Waals surface area (Å²) in [5.41, 5.74) is 12.6. The summed E-state index contributed by atoms with van der Waals surface area (Å²) >= 11 is 0. The number of likely N-dealkylation sites (N-methyl/N-ethyl adjacent to an activating group) is 1. The van der Waals surface area contributed by atoms with Gasteiger partial charge in [-0.2, -0.15) is 4.98 Å². The van der Waals surface area contributed by atoms with Crippen LogP contribution in [0.4, 0.5) is 5.95 Å². The molecule has 0 spiro atoms. The lowest BCUT2D eigenvalue weighted by Crippen LogP contribution is -2.45. The lowest BCUT2D eigenvalue weighted by atomic mass is 9.72. The van der Waals surface area contributed by atoms with E-state index in [2.05, 4.69) is 76.4 Å². The molecule has 6 heteroatoms. The Hall–Kier alpha value is -3.35. The smallest absolute Gasteiger partial charge is 0.227 e. The van der Waals surface area contributed by atoms with Crippen molar-refractivity contribution in [3.05, 3.63) is 72.4 Å². The number of benzene rings is 2. The number of hydrogen-bond acceptors (Lipinski definition) is 6. The van der Waals surface area contributed by atoms with Crippen LogP contribution in [0.1, 0.15) is 24.8 Å². The van der Waals surface area contributed by atoms with Crippen molar-refractivity contribution in [3.8, 4) is 22.4 Å². The lowest BCUT2D eigenvalue weighted by molar-refractivity contribution is 0.253. The van der Waals surface area contributed by atoms with Crippen LogP contribution in [0.3, 0.4) is 0 Å². The quantitative estimate of drug-likeness (QED) is 0.495. The summed E-state index contributed by atoms with van der Waals surface area (Å²) in [5, 5.41) is 0.951. The molecule has 1 aliphatic carbocycles. The normalized spacial score (nSPS) is 18.1. The predicted molar refractivity (Wildman–Crippen MR) is 138 cm³/mol. The highest BCUT2D eigenvalue weighted by Crippen LogP contribution is 2.40. The van der Waals surface area contributed by atoms with E-state index in [0.29, 0.717) is 0 Å². The topological polar surface area (TPSA) is 71.2 Å². The molecule has 6 rings (SSSR count). The van der Waals surface area contributed by atoms with Crippen molar-refractivity contribution in [2.75, 3.05) is 38.1 Å². The SMILES string of the molecule is CN1CCN(c2ncc3cc(-c4ccccc4)c(-c4ccc(C5(N)CCC5)cc4)nc3n2)CC1. The molecule has 2 aromatic carbocycles. The summed E-state index contributed by atoms with van der Waals surface area (Å²) in [7, 11) is 2.15. The zero-order valence-corrected chi connectivity index (χ0v) is 19.6. The van der Waals surface area contributed by atoms with Crippen molar-refractivity contribution in [1.29, 1.82) is 0 Å². The van der Waals surface area contributed by atoms with Crippen molar-refractivity contribution >= 4 is 17.0 Å². The summed E-state index contributed by atoms with van der Waals surface area (Å²) in [6.45, 7) is 3.89. The Balaban J connectivity index is 1.44. The van der Waals surface area contributed by atoms with Gasteiger partial charge < -0.3 is 15.5 Å². The fourth-order valence-electron chi connectivity index (χ4n) is 4.98. The summed E-state index contributed by atoms with van der Waals surface area (Å²) < 4.78 is 0. The van der Waals surface area contributed by atoms with Crippen molar-refractivity contribution in [3.63, 3.8) is 0 Å². The fraction of sp³-hybridized carbons (Fsp3) is 0.321. The molecule has 2 N–H and O–H groups in total. The van der Waals surface area contributed by atoms with Crippen LogP contribution in [0.5, 0.6) is 0 Å². The average Bonchev–Trinajstić information content (AvgIpc) is 2.87. The van der Waals surface area contributed by atoms with E-state index in [9.17, 15) is 0 Å². The molecule has 0 bridgehead atoms. The highest BCUT2D eigenvalue weighted by atomic mass is 15.3. The van der Waals surface area contributed by atoms with E-state index in [-0.39, 0.29) is 5.54 Å². The molecular weight excluding hydrogens is 420 g/mol. The molecule has 0 radical (unpaired) electrons. The molecule has 3 heterocycles. The molecule has 34 heavy (non-hydrogen) atoms. The third kappa shape index (κ3) is 3.83. The molecule has 172 valence electrons. The Kier molecular flexibility index (Phi) is 5.27. The van der Waals surface area contributed by atoms with E-state index in [1.165, 1.54) is 12.0 Å². The van der Waals surface area contributed by atoms with Crippen LogP contribution in [0, 0.1) is 0 Å². The van der Waals surface area contributed by atoms with Crippen LogP contribution < -0.4 is 10.6 Å². The number of anilines is 1. The van der Waals surface area contributed by atoms with Gasteiger partial charge in [0, 0.05) is 54.4 Å². The maximum Gasteiger partial charge on any atom is 0.227 e. The van der Waals surface area contributed by atoms with Crippen molar-refractivity contribution < 1.29 is 0 Å². The number of piperazine rings is 1. The molecule has 1 saturated heterocycles. The lowest BCUT2D eigenvalue weighted by Gasteiger charge is -2.38. The van der Waals surface area contributed by atoms with Gasteiger partial charge in [-0.25, -0.2) is 9.97 Å². The van der Waals surface area contributed by atoms with E-state index >= 15 is 0 Å². The van der Waals surface area contributed by atoms with Crippen LogP contribution in [-0.2, 0) is 5.54 Å². The molecule has 0 amide bonds. The first-order valence-electron chi connectivity index (χ1n) is 12.2. The average molecular weight is 451 g/mol. The van der Waals surface area contributed by atoms with Crippen LogP contribution in [0.15, 0.2) is 66.9 Å². The van der Waals surface area contributed by atoms with E-state index in [1.54, 1.807) is 0 Å². The van der Waals surface area contributed by atoms with Gasteiger partial charge in [-0.1, -0.05) is 54.6 Å². The summed E-state index contributed by atoms with van der Waals surface area (Å²) in [6, 6.07) is 21.3. The first-order valence-corrected chi connectivity index (χ1v) is 12.2. The van der Waals surface area contributed by atoms with Crippen LogP contribution in [0.2, 0.25) is 0 Å². The monoisotopic (exact) mass is 450 g/mol. The molecule has 4 aromatic rings. The van der Waals surface area contributed by atoms with Crippen molar-refractivity contribution in [2.24, 2.45) is 5.73 Å². The molecule has 2 fully saturated rings. The molecule has 0 unspecified atom stereocenters. The van der Waals surface area contributed by atoms with Crippen LogP contribution in [-0.4, -0.2) is 53.1 Å². The molecule has 1 saturated carbocycles. The fourth-order valence-corrected chi connectivity index (χ4v) is 4.98. The minimum absolute atomic E-state index is 0.164. The number of nitrogens with zero attached hydrogens (tertiary/aromatic N) is 5. The minimum Gasteiger partial charge on any atom is -0.338 e. The number of nitrogens with two attached hydrogens (primary N) is 1. The number of hydrogen-bond donors (Lipinski definition) is 1. The third-order valence-electron chi connectivity index (χ3n) is 7.41. The van der Waals surface area contributed by atoms with Crippen LogP contribution >= 0.6 is 0 Å². The molecule has 2 aromatic heterocycles. The van der Waals surface area contributed by atoms with Gasteiger partial charge in [-0.3, -0.25) is 0 Å². The van der Waals surface area contributed by atoms with E-state index in [0.717, 1.165) is 78.4 Å². The first kappa shape index (κ1) is 21.2. The second-order valence-corrected chi connectivity index (χ2v) is 9.71. The van der Waals surface area contributed by atoms with Gasteiger partial charge >= 0.3 is 0 Å². The van der Waals surface area contributed by atoms with Gasteiger partial charge in [0.25, 0.3) is 0 Å². The van der Waals surface area contributed by atoms with Gasteiger partial charge in [0.15, 0.2) is 5.65 Å². The van der Waals surface area contributed by atoms with Crippen LogP contribution in [0.25, 0.3) is 33.4 Å². The number of aromatic nitrogens is 3. The maximum atomic E-state index is 6.56. The summed E-state index contributed by atoms with van der Waals surface area (Å²) in [4.78, 5) is 19.3. The Labute approximate surface area is 200 Å². The largest absolute Gasteiger partial charge is 0.338 e.